The zero-order valence-corrected chi connectivity index (χ0v) is 17.3. The molecule has 0 saturated heterocycles. The fourth-order valence-electron chi connectivity index (χ4n) is 2.87. The molecule has 3 N–H and O–H groups in total. The molecule has 2 aromatic rings. The van der Waals surface area contributed by atoms with E-state index < -0.39 is 12.0 Å². The lowest BCUT2D eigenvalue weighted by molar-refractivity contribution is -0.123. The number of hydrogen-bond acceptors (Lipinski definition) is 5. The van der Waals surface area contributed by atoms with Gasteiger partial charge in [0, 0.05) is 10.4 Å². The summed E-state index contributed by atoms with van der Waals surface area (Å²) in [5.41, 5.74) is 2.02. The number of nitrogens with one attached hydrogen (secondary N) is 2. The third kappa shape index (κ3) is 5.90. The lowest BCUT2D eigenvalue weighted by Gasteiger charge is -2.19. The molecule has 0 aliphatic carbocycles. The normalized spacial score (nSPS) is 11.6. The summed E-state index contributed by atoms with van der Waals surface area (Å²) in [5.74, 6) is -1.56. The molecule has 7 nitrogen and oxygen atoms in total. The summed E-state index contributed by atoms with van der Waals surface area (Å²) in [6, 6.07) is 9.52. The largest absolute Gasteiger partial charge is 0.477 e. The van der Waals surface area contributed by atoms with Gasteiger partial charge in [-0.15, -0.1) is 11.3 Å². The van der Waals surface area contributed by atoms with Crippen molar-refractivity contribution >= 4 is 29.1 Å². The number of amides is 2. The highest BCUT2D eigenvalue weighted by atomic mass is 32.1. The van der Waals surface area contributed by atoms with E-state index in [4.69, 9.17) is 10.4 Å². The van der Waals surface area contributed by atoms with Gasteiger partial charge in [0.05, 0.1) is 6.07 Å². The molecule has 0 saturated carbocycles. The summed E-state index contributed by atoms with van der Waals surface area (Å²) in [4.78, 5) is 37.1. The molecule has 0 radical (unpaired) electrons. The Morgan fingerprint density at radius 1 is 1.21 bits per heavy atom. The topological polar surface area (TPSA) is 119 Å². The molecule has 1 aromatic carbocycles. The van der Waals surface area contributed by atoms with Crippen molar-refractivity contribution in [3.63, 3.8) is 0 Å². The van der Waals surface area contributed by atoms with Gasteiger partial charge in [0.15, 0.2) is 0 Å². The minimum absolute atomic E-state index is 0.115. The standard InChI is InChI=1S/C21H23N3O4S/c1-12(2)10-17(20(26)23-9-8-22)24-19(25)15-6-4-14(5-7-15)16-11-18(21(27)28)29-13(16)3/h4-7,11-12,17H,9-10H2,1-3H3,(H,23,26)(H,24,25)(H,27,28). The van der Waals surface area contributed by atoms with Gasteiger partial charge in [-0.05, 0) is 48.6 Å². The molecule has 1 heterocycles. The van der Waals surface area contributed by atoms with Crippen LogP contribution in [0.15, 0.2) is 30.3 Å². The Labute approximate surface area is 173 Å². The van der Waals surface area contributed by atoms with E-state index in [9.17, 15) is 14.4 Å². The summed E-state index contributed by atoms with van der Waals surface area (Å²) in [7, 11) is 0. The molecule has 2 amide bonds. The van der Waals surface area contributed by atoms with Crippen molar-refractivity contribution < 1.29 is 19.5 Å². The van der Waals surface area contributed by atoms with Gasteiger partial charge < -0.3 is 15.7 Å². The van der Waals surface area contributed by atoms with E-state index in [2.05, 4.69) is 10.6 Å². The quantitative estimate of drug-likeness (QED) is 0.574. The average molecular weight is 413 g/mol. The van der Waals surface area contributed by atoms with Gasteiger partial charge in [-0.25, -0.2) is 4.79 Å². The number of carbonyl (C=O) groups excluding carboxylic acids is 2. The monoisotopic (exact) mass is 413 g/mol. The Bertz CT molecular complexity index is 942. The van der Waals surface area contributed by atoms with Crippen LogP contribution in [0.25, 0.3) is 11.1 Å². The Kier molecular flexibility index (Phi) is 7.51. The fraction of sp³-hybridized carbons (Fsp3) is 0.333. The number of benzene rings is 1. The highest BCUT2D eigenvalue weighted by molar-refractivity contribution is 7.14. The lowest BCUT2D eigenvalue weighted by atomic mass is 10.0. The van der Waals surface area contributed by atoms with Gasteiger partial charge in [0.25, 0.3) is 5.91 Å². The molecular formula is C21H23N3O4S. The van der Waals surface area contributed by atoms with Gasteiger partial charge in [-0.3, -0.25) is 9.59 Å². The number of hydrogen-bond donors (Lipinski definition) is 3. The van der Waals surface area contributed by atoms with E-state index in [1.54, 1.807) is 30.3 Å². The van der Waals surface area contributed by atoms with E-state index in [0.717, 1.165) is 16.0 Å². The van der Waals surface area contributed by atoms with Crippen LogP contribution in [0.3, 0.4) is 0 Å². The maximum Gasteiger partial charge on any atom is 0.345 e. The molecule has 2 rings (SSSR count). The number of thiophene rings is 1. The van der Waals surface area contributed by atoms with E-state index in [-0.39, 0.29) is 29.2 Å². The van der Waals surface area contributed by atoms with E-state index in [1.165, 1.54) is 11.3 Å². The van der Waals surface area contributed by atoms with Crippen LogP contribution in [0.1, 0.15) is 45.2 Å². The third-order valence-electron chi connectivity index (χ3n) is 4.26. The maximum absolute atomic E-state index is 12.6. The van der Waals surface area contributed by atoms with Crippen LogP contribution >= 0.6 is 11.3 Å². The second-order valence-corrected chi connectivity index (χ2v) is 8.25. The fourth-order valence-corrected chi connectivity index (χ4v) is 3.75. The molecule has 1 aromatic heterocycles. The Morgan fingerprint density at radius 2 is 1.86 bits per heavy atom. The molecule has 0 bridgehead atoms. The van der Waals surface area contributed by atoms with Gasteiger partial charge in [-0.1, -0.05) is 26.0 Å². The summed E-state index contributed by atoms with van der Waals surface area (Å²) in [5, 5.41) is 23.0. The predicted molar refractivity (Wildman–Crippen MR) is 111 cm³/mol. The number of aromatic carboxylic acids is 1. The van der Waals surface area contributed by atoms with Crippen molar-refractivity contribution in [2.45, 2.75) is 33.2 Å². The second kappa shape index (κ2) is 9.85. The first-order valence-corrected chi connectivity index (χ1v) is 9.94. The molecule has 1 unspecified atom stereocenters. The van der Waals surface area contributed by atoms with Crippen LogP contribution in [-0.4, -0.2) is 35.5 Å². The van der Waals surface area contributed by atoms with E-state index in [1.807, 2.05) is 26.8 Å². The van der Waals surface area contributed by atoms with Crippen molar-refractivity contribution in [2.24, 2.45) is 5.92 Å². The first kappa shape index (κ1) is 22.1. The van der Waals surface area contributed by atoms with Crippen molar-refractivity contribution in [3.05, 3.63) is 45.6 Å². The molecular weight excluding hydrogens is 390 g/mol. The third-order valence-corrected chi connectivity index (χ3v) is 5.30. The molecule has 0 fully saturated rings. The summed E-state index contributed by atoms with van der Waals surface area (Å²) in [6.45, 7) is 5.62. The second-order valence-electron chi connectivity index (χ2n) is 6.99. The van der Waals surface area contributed by atoms with Crippen LogP contribution in [-0.2, 0) is 4.79 Å². The van der Waals surface area contributed by atoms with E-state index in [0.29, 0.717) is 12.0 Å². The molecule has 0 spiro atoms. The Morgan fingerprint density at radius 3 is 2.38 bits per heavy atom. The lowest BCUT2D eigenvalue weighted by Crippen LogP contribution is -2.47. The molecule has 0 aliphatic rings. The first-order chi connectivity index (χ1) is 13.7. The Hall–Kier alpha value is -3.18. The zero-order chi connectivity index (χ0) is 21.6. The number of nitrogens with zero attached hydrogens (tertiary/aromatic N) is 1. The molecule has 1 atom stereocenters. The number of carboxylic acids is 1. The number of nitriles is 1. The molecule has 8 heteroatoms. The molecule has 0 aliphatic heterocycles. The summed E-state index contributed by atoms with van der Waals surface area (Å²) < 4.78 is 0. The molecule has 29 heavy (non-hydrogen) atoms. The SMILES string of the molecule is Cc1sc(C(=O)O)cc1-c1ccc(C(=O)NC(CC(C)C)C(=O)NCC#N)cc1. The Balaban J connectivity index is 2.15. The highest BCUT2D eigenvalue weighted by Crippen LogP contribution is 2.31. The maximum atomic E-state index is 12.6. The van der Waals surface area contributed by atoms with Gasteiger partial charge >= 0.3 is 5.97 Å². The van der Waals surface area contributed by atoms with E-state index >= 15 is 0 Å². The predicted octanol–water partition coefficient (Wildman–Crippen LogP) is 3.21. The zero-order valence-electron chi connectivity index (χ0n) is 16.5. The average Bonchev–Trinajstić information content (AvgIpc) is 3.07. The van der Waals surface area contributed by atoms with Gasteiger partial charge in [0.2, 0.25) is 5.91 Å². The van der Waals surface area contributed by atoms with Gasteiger partial charge in [-0.2, -0.15) is 5.26 Å². The van der Waals surface area contributed by atoms with Crippen molar-refractivity contribution in [1.29, 1.82) is 5.26 Å². The van der Waals surface area contributed by atoms with Crippen LogP contribution < -0.4 is 10.6 Å². The highest BCUT2D eigenvalue weighted by Gasteiger charge is 2.22. The van der Waals surface area contributed by atoms with Crippen molar-refractivity contribution in [2.75, 3.05) is 6.54 Å². The number of aryl methyl sites for hydroxylation is 1. The molecule has 152 valence electrons. The number of rotatable bonds is 8. The number of carboxylic acid groups (broad SMARTS) is 1. The minimum Gasteiger partial charge on any atom is -0.477 e. The van der Waals surface area contributed by atoms with Gasteiger partial charge in [0.1, 0.15) is 17.5 Å². The van der Waals surface area contributed by atoms with Crippen LogP contribution in [0, 0.1) is 24.2 Å². The summed E-state index contributed by atoms with van der Waals surface area (Å²) in [6.07, 6.45) is 0.452. The first-order valence-electron chi connectivity index (χ1n) is 9.12. The van der Waals surface area contributed by atoms with Crippen LogP contribution in [0.4, 0.5) is 0 Å². The van der Waals surface area contributed by atoms with Crippen molar-refractivity contribution in [1.82, 2.24) is 10.6 Å². The van der Waals surface area contributed by atoms with Crippen molar-refractivity contribution in [3.8, 4) is 17.2 Å². The van der Waals surface area contributed by atoms with Crippen LogP contribution in [0.5, 0.6) is 0 Å². The minimum atomic E-state index is -0.966. The summed E-state index contributed by atoms with van der Waals surface area (Å²) >= 11 is 1.21. The smallest absolute Gasteiger partial charge is 0.345 e. The van der Waals surface area contributed by atoms with Crippen LogP contribution in [0.2, 0.25) is 0 Å². The number of carbonyl (C=O) groups is 3.